The predicted molar refractivity (Wildman–Crippen MR) is 321 cm³/mol. The molecule has 11 atom stereocenters. The number of esters is 1. The fraction of sp³-hybridized carbons (Fsp3) is 0.576. The van der Waals surface area contributed by atoms with Crippen molar-refractivity contribution in [3.8, 4) is 5.75 Å². The van der Waals surface area contributed by atoms with Crippen LogP contribution in [0.1, 0.15) is 105 Å². The van der Waals surface area contributed by atoms with Gasteiger partial charge in [-0.3, -0.25) is 25.0 Å². The number of aliphatic hydroxyl groups is 2. The van der Waals surface area contributed by atoms with Crippen molar-refractivity contribution in [3.05, 3.63) is 82.4 Å². The summed E-state index contributed by atoms with van der Waals surface area (Å²) in [6.45, 7) is 15.5. The minimum atomic E-state index is -5.15. The first-order valence-electron chi connectivity index (χ1n) is 28.2. The Morgan fingerprint density at radius 3 is 2.41 bits per heavy atom. The zero-order chi connectivity index (χ0) is 64.9. The summed E-state index contributed by atoms with van der Waals surface area (Å²) in [5, 5.41) is 39.1. The number of nitrogens with two attached hydrogens (primary N) is 1. The molecule has 10 N–H and O–H groups in total. The van der Waals surface area contributed by atoms with Crippen LogP contribution in [0.2, 0.25) is 5.02 Å². The van der Waals surface area contributed by atoms with Crippen molar-refractivity contribution in [1.82, 2.24) is 21.3 Å². The largest absolute Gasteiger partial charge is 0.495 e. The lowest BCUT2D eigenvalue weighted by Gasteiger charge is -2.42. The third kappa shape index (κ3) is 19.6. The molecule has 482 valence electrons. The molecule has 3 aliphatic heterocycles. The highest BCUT2D eigenvalue weighted by atomic mass is 79.9. The van der Waals surface area contributed by atoms with Crippen molar-refractivity contribution in [2.24, 2.45) is 17.6 Å². The van der Waals surface area contributed by atoms with Gasteiger partial charge in [-0.15, -0.1) is 0 Å². The van der Waals surface area contributed by atoms with Gasteiger partial charge in [-0.05, 0) is 108 Å². The van der Waals surface area contributed by atoms with Gasteiger partial charge in [-0.1, -0.05) is 78.7 Å². The predicted octanol–water partition coefficient (Wildman–Crippen LogP) is 7.04. The van der Waals surface area contributed by atoms with E-state index in [1.54, 1.807) is 71.9 Å². The highest BCUT2D eigenvalue weighted by Crippen LogP contribution is 2.50. The number of nitrogens with one attached hydrogen (secondary N) is 6. The second kappa shape index (κ2) is 30.7. The van der Waals surface area contributed by atoms with E-state index in [9.17, 15) is 43.8 Å². The molecule has 23 nitrogen and oxygen atoms in total. The number of alkyl carbamates (subject to hydrolysis) is 1. The average Bonchev–Trinajstić information content (AvgIpc) is 1.60. The second-order valence-corrected chi connectivity index (χ2v) is 24.0. The molecule has 3 aliphatic rings. The van der Waals surface area contributed by atoms with Crippen LogP contribution in [0.25, 0.3) is 0 Å². The third-order valence-electron chi connectivity index (χ3n) is 15.3. The minimum absolute atomic E-state index is 0.0376. The first kappa shape index (κ1) is 71.4. The van der Waals surface area contributed by atoms with E-state index in [1.165, 1.54) is 26.2 Å². The Labute approximate surface area is 517 Å². The summed E-state index contributed by atoms with van der Waals surface area (Å²) in [5.41, 5.74) is 0.269. The topological polar surface area (TPSA) is 320 Å². The Kier molecular flexibility index (Phi) is 25.2. The Morgan fingerprint density at radius 1 is 1.09 bits per heavy atom. The van der Waals surface area contributed by atoms with Gasteiger partial charge >= 0.3 is 24.3 Å². The number of hydrogen-bond donors (Lipinski definition) is 9. The molecular weight excluding hydrogens is 1230 g/mol. The van der Waals surface area contributed by atoms with Gasteiger partial charge in [0.15, 0.2) is 5.72 Å². The number of fused-ring (bicyclic) bond motifs is 5. The number of hydrogen-bond acceptors (Lipinski definition) is 17. The molecule has 2 fully saturated rings. The molecule has 87 heavy (non-hydrogen) atoms. The van der Waals surface area contributed by atoms with Crippen molar-refractivity contribution in [2.45, 2.75) is 172 Å². The Bertz CT molecular complexity index is 2900. The number of nitrogens with zero attached hydrogens (tertiary/aromatic N) is 1. The van der Waals surface area contributed by atoms with Gasteiger partial charge in [0.25, 0.3) is 0 Å². The summed E-state index contributed by atoms with van der Waals surface area (Å²) < 4.78 is 80.1. The quantitative estimate of drug-likeness (QED) is 0.00915. The summed E-state index contributed by atoms with van der Waals surface area (Å²) in [7, 11) is 4.21. The van der Waals surface area contributed by atoms with Gasteiger partial charge in [0.1, 0.15) is 52.6 Å². The van der Waals surface area contributed by atoms with Gasteiger partial charge in [-0.2, -0.15) is 13.2 Å². The average molecular weight is 1310 g/mol. The number of alkyl halides is 4. The summed E-state index contributed by atoms with van der Waals surface area (Å²) >= 11 is 9.98. The molecule has 2 saturated heterocycles. The van der Waals surface area contributed by atoms with Gasteiger partial charge in [-0.25, -0.2) is 14.4 Å². The normalized spacial score (nSPS) is 24.9. The SMILES string of the molecule is C=C(CBr)C(=O)OC(C)(C)CCCC(C=O)N[C@H](C(=O)N[C@@H](CCCNC(N)=O)C(=O)Nc1ccc(NC(O)O[C@H]2CC(=O)N(C)c3cc(cc(OC)c3Cl)C/C(C)=C/C=C/[C@@H](OC)[C@@]3(O)C[C@H](OC(=O)N3)[C@@H](C)[C@@H]3O[C@@]23C)c(C(F)(F)F)c1)C(C)C. The van der Waals surface area contributed by atoms with E-state index in [-0.39, 0.29) is 65.3 Å². The number of methoxy groups -OCH3 is 2. The molecule has 2 unspecified atom stereocenters. The van der Waals surface area contributed by atoms with Crippen LogP contribution < -0.4 is 47.3 Å². The molecule has 0 spiro atoms. The number of halogens is 5. The van der Waals surface area contributed by atoms with E-state index >= 15 is 13.2 Å². The smallest absolute Gasteiger partial charge is 0.418 e. The van der Waals surface area contributed by atoms with Crippen LogP contribution in [0.15, 0.2) is 66.3 Å². The van der Waals surface area contributed by atoms with E-state index in [4.69, 9.17) is 45.8 Å². The third-order valence-corrected chi connectivity index (χ3v) is 16.4. The number of aliphatic hydroxyl groups excluding tert-OH is 1. The summed E-state index contributed by atoms with van der Waals surface area (Å²) in [5.74, 6) is -3.87. The number of allylic oxidation sites excluding steroid dienone is 3. The molecule has 3 heterocycles. The molecule has 4 bridgehead atoms. The van der Waals surface area contributed by atoms with Crippen LogP contribution in [-0.4, -0.2) is 151 Å². The maximum atomic E-state index is 15.1. The number of anilines is 3. The number of benzene rings is 2. The minimum Gasteiger partial charge on any atom is -0.495 e. The molecule has 5 rings (SSSR count). The number of primary amides is 1. The fourth-order valence-corrected chi connectivity index (χ4v) is 10.9. The van der Waals surface area contributed by atoms with Crippen molar-refractivity contribution >= 4 is 86.7 Å². The lowest BCUT2D eigenvalue weighted by molar-refractivity contribution is -0.152. The van der Waals surface area contributed by atoms with Crippen LogP contribution >= 0.6 is 27.5 Å². The first-order chi connectivity index (χ1) is 40.7. The highest BCUT2D eigenvalue weighted by molar-refractivity contribution is 9.09. The van der Waals surface area contributed by atoms with Crippen molar-refractivity contribution in [1.29, 1.82) is 0 Å². The molecule has 0 aliphatic carbocycles. The maximum Gasteiger partial charge on any atom is 0.418 e. The number of carbonyl (C=O) groups is 7. The molecule has 0 saturated carbocycles. The lowest BCUT2D eigenvalue weighted by Crippen LogP contribution is -2.63. The molecule has 2 aromatic carbocycles. The number of rotatable bonds is 25. The first-order valence-corrected chi connectivity index (χ1v) is 29.7. The van der Waals surface area contributed by atoms with Crippen molar-refractivity contribution in [3.63, 3.8) is 0 Å². The number of aldehydes is 1. The van der Waals surface area contributed by atoms with Gasteiger partial charge < -0.3 is 75.3 Å². The molecule has 2 aromatic rings. The Hall–Kier alpha value is -6.33. The summed E-state index contributed by atoms with van der Waals surface area (Å²) in [6, 6.07) is 1.76. The summed E-state index contributed by atoms with van der Waals surface area (Å²) in [6.07, 6.45) is -6.80. The van der Waals surface area contributed by atoms with Crippen LogP contribution in [0.4, 0.5) is 39.8 Å². The molecule has 28 heteroatoms. The van der Waals surface area contributed by atoms with Crippen LogP contribution in [0.5, 0.6) is 5.75 Å². The molecule has 0 aromatic heterocycles. The number of urea groups is 1. The van der Waals surface area contributed by atoms with E-state index in [2.05, 4.69) is 54.4 Å². The van der Waals surface area contributed by atoms with Gasteiger partial charge in [0.05, 0.1) is 48.7 Å². The molecule has 0 radical (unpaired) electrons. The lowest BCUT2D eigenvalue weighted by atomic mass is 9.83. The van der Waals surface area contributed by atoms with E-state index in [0.717, 1.165) is 17.7 Å². The van der Waals surface area contributed by atoms with Crippen molar-refractivity contribution < 1.29 is 85.4 Å². The Balaban J connectivity index is 1.40. The van der Waals surface area contributed by atoms with Gasteiger partial charge in [0, 0.05) is 49.6 Å². The van der Waals surface area contributed by atoms with E-state index < -0.39 is 137 Å². The number of amides is 6. The van der Waals surface area contributed by atoms with Crippen LogP contribution in [-0.2, 0) is 60.3 Å². The maximum absolute atomic E-state index is 15.1. The number of epoxide rings is 1. The number of carbonyl (C=O) groups excluding carboxylic acids is 7. The second-order valence-electron chi connectivity index (χ2n) is 23.1. The zero-order valence-electron chi connectivity index (χ0n) is 50.4. The highest BCUT2D eigenvalue weighted by Gasteiger charge is 2.64. The number of ether oxygens (including phenoxy) is 6. The van der Waals surface area contributed by atoms with E-state index in [0.29, 0.717) is 37.2 Å². The standard InChI is InChI=1S/C59H81BrClF3N8O15/c1-31(2)48(67-37(30-73)16-13-21-56(6,7)87-52(77)33(4)29-60)51(76)69-40(17-14-22-66-53(65)78)50(75)68-36-19-20-39(38(26-36)59(62,63)64)70-54(79)85-45-27-46(74)72(9)41-24-35(25-42(82-10)47(41)61)23-32(3)15-12-18-44(83-11)58(81)28-43(84-55(80)71-58)34(5)49-57(45,8)86-49/h12,15,18-20,24-26,30-31,34,37,40,43-45,48-49,54,67,70,79,81H,4,13-14,16-17,21-23,27-29H2,1-3,5-11H3,(H,68,75)(H,69,76)(H,71,80)(H3,65,66,78)/b18-12+,32-15+/t34-,37?,40+,43+,44-,45+,48+,49+,54?,57+,58+/m1/s1. The monoisotopic (exact) mass is 1310 g/mol. The summed E-state index contributed by atoms with van der Waals surface area (Å²) in [4.78, 5) is 93.0. The molecule has 6 amide bonds. The van der Waals surface area contributed by atoms with Crippen LogP contribution in [0, 0.1) is 11.8 Å². The van der Waals surface area contributed by atoms with Gasteiger partial charge in [0.2, 0.25) is 24.1 Å². The zero-order valence-corrected chi connectivity index (χ0v) is 52.7. The van der Waals surface area contributed by atoms with Crippen molar-refractivity contribution in [2.75, 3.05) is 48.7 Å². The van der Waals surface area contributed by atoms with Crippen LogP contribution in [0.3, 0.4) is 0 Å². The Morgan fingerprint density at radius 2 is 1.79 bits per heavy atom. The fourth-order valence-electron chi connectivity index (χ4n) is 10.4. The molecular formula is C59H81BrClF3N8O15. The van der Waals surface area contributed by atoms with E-state index in [1.807, 2.05) is 6.92 Å².